The minimum Gasteiger partial charge on any atom is -0.496 e. The number of rotatable bonds is 4. The molecule has 1 aromatic heterocycles. The summed E-state index contributed by atoms with van der Waals surface area (Å²) in [6, 6.07) is 14.4. The van der Waals surface area contributed by atoms with Crippen molar-refractivity contribution in [1.29, 1.82) is 0 Å². The summed E-state index contributed by atoms with van der Waals surface area (Å²) in [7, 11) is 1.69. The molecule has 0 fully saturated rings. The van der Waals surface area contributed by atoms with Gasteiger partial charge in [0.25, 0.3) is 0 Å². The van der Waals surface area contributed by atoms with E-state index in [1.807, 2.05) is 18.2 Å². The Labute approximate surface area is 125 Å². The first-order chi connectivity index (χ1) is 10.2. The van der Waals surface area contributed by atoms with Gasteiger partial charge in [0.05, 0.1) is 19.2 Å². The number of nitrogen functional groups attached to an aromatic ring is 1. The molecule has 0 atom stereocenters. The van der Waals surface area contributed by atoms with E-state index >= 15 is 0 Å². The molecule has 3 aromatic rings. The van der Waals surface area contributed by atoms with Crippen LogP contribution in [0.25, 0.3) is 10.9 Å². The molecule has 0 amide bonds. The molecule has 21 heavy (non-hydrogen) atoms. The van der Waals surface area contributed by atoms with Crippen molar-refractivity contribution < 1.29 is 4.74 Å². The molecule has 3 rings (SSSR count). The zero-order chi connectivity index (χ0) is 14.8. The minimum absolute atomic E-state index is 0.759. The molecule has 2 aromatic carbocycles. The lowest BCUT2D eigenvalue weighted by Crippen LogP contribution is -2.03. The van der Waals surface area contributed by atoms with Crippen molar-refractivity contribution in [3.05, 3.63) is 59.8 Å². The van der Waals surface area contributed by atoms with Crippen LogP contribution in [0.1, 0.15) is 18.1 Å². The Morgan fingerprint density at radius 2 is 1.95 bits per heavy atom. The number of methoxy groups -OCH3 is 1. The summed E-state index contributed by atoms with van der Waals surface area (Å²) in [6.45, 7) is 2.95. The standard InChI is InChI=1S/C18H20N2O/c1-3-13-5-4-6-14-9-10-20(18(13)14)12-15-11-16(19)7-8-17(15)21-2/h4-11H,3,12,19H2,1-2H3. The van der Waals surface area contributed by atoms with Crippen LogP contribution in [0.3, 0.4) is 0 Å². The van der Waals surface area contributed by atoms with Crippen molar-refractivity contribution in [2.24, 2.45) is 0 Å². The minimum atomic E-state index is 0.759. The van der Waals surface area contributed by atoms with E-state index < -0.39 is 0 Å². The second-order valence-electron chi connectivity index (χ2n) is 5.22. The topological polar surface area (TPSA) is 40.2 Å². The summed E-state index contributed by atoms with van der Waals surface area (Å²) in [6.07, 6.45) is 3.15. The normalized spacial score (nSPS) is 11.0. The van der Waals surface area contributed by atoms with Gasteiger partial charge in [-0.3, -0.25) is 0 Å². The van der Waals surface area contributed by atoms with Crippen LogP contribution in [0.2, 0.25) is 0 Å². The molecular formula is C18H20N2O. The summed E-state index contributed by atoms with van der Waals surface area (Å²) in [5, 5.41) is 1.28. The SMILES string of the molecule is CCc1cccc2ccn(Cc3cc(N)ccc3OC)c12. The van der Waals surface area contributed by atoms with E-state index in [4.69, 9.17) is 10.5 Å². The van der Waals surface area contributed by atoms with Crippen molar-refractivity contribution in [3.8, 4) is 5.75 Å². The number of benzene rings is 2. The maximum atomic E-state index is 5.92. The summed E-state index contributed by atoms with van der Waals surface area (Å²) in [4.78, 5) is 0. The molecule has 0 spiro atoms. The predicted octanol–water partition coefficient (Wildman–Crippen LogP) is 3.84. The van der Waals surface area contributed by atoms with E-state index in [-0.39, 0.29) is 0 Å². The van der Waals surface area contributed by atoms with E-state index in [9.17, 15) is 0 Å². The Kier molecular flexibility index (Phi) is 3.57. The molecule has 0 unspecified atom stereocenters. The molecule has 0 saturated heterocycles. The number of hydrogen-bond donors (Lipinski definition) is 1. The van der Waals surface area contributed by atoms with Crippen LogP contribution in [0, 0.1) is 0 Å². The van der Waals surface area contributed by atoms with Crippen LogP contribution in [0.4, 0.5) is 5.69 Å². The average Bonchev–Trinajstić information content (AvgIpc) is 2.91. The molecule has 2 N–H and O–H groups in total. The lowest BCUT2D eigenvalue weighted by atomic mass is 10.1. The molecule has 3 nitrogen and oxygen atoms in total. The van der Waals surface area contributed by atoms with Gasteiger partial charge in [-0.2, -0.15) is 0 Å². The van der Waals surface area contributed by atoms with E-state index in [0.717, 1.165) is 30.0 Å². The van der Waals surface area contributed by atoms with Gasteiger partial charge in [-0.15, -0.1) is 0 Å². The van der Waals surface area contributed by atoms with Crippen molar-refractivity contribution >= 4 is 16.6 Å². The fourth-order valence-electron chi connectivity index (χ4n) is 2.86. The Morgan fingerprint density at radius 3 is 2.71 bits per heavy atom. The third-order valence-corrected chi connectivity index (χ3v) is 3.90. The fourth-order valence-corrected chi connectivity index (χ4v) is 2.86. The summed E-state index contributed by atoms with van der Waals surface area (Å²) in [5.74, 6) is 0.875. The zero-order valence-corrected chi connectivity index (χ0v) is 12.5. The third-order valence-electron chi connectivity index (χ3n) is 3.90. The monoisotopic (exact) mass is 280 g/mol. The first-order valence-corrected chi connectivity index (χ1v) is 7.22. The van der Waals surface area contributed by atoms with Gasteiger partial charge in [0.1, 0.15) is 5.75 Å². The smallest absolute Gasteiger partial charge is 0.124 e. The summed E-state index contributed by atoms with van der Waals surface area (Å²) in [5.41, 5.74) is 10.4. The zero-order valence-electron chi connectivity index (χ0n) is 12.5. The first kappa shape index (κ1) is 13.6. The maximum Gasteiger partial charge on any atom is 0.124 e. The predicted molar refractivity (Wildman–Crippen MR) is 87.8 cm³/mol. The van der Waals surface area contributed by atoms with Gasteiger partial charge < -0.3 is 15.0 Å². The Bertz CT molecular complexity index is 774. The number of nitrogens with two attached hydrogens (primary N) is 1. The van der Waals surface area contributed by atoms with Crippen LogP contribution in [0.5, 0.6) is 5.75 Å². The van der Waals surface area contributed by atoms with Crippen LogP contribution < -0.4 is 10.5 Å². The Balaban J connectivity index is 2.08. The molecule has 0 aliphatic heterocycles. The van der Waals surface area contributed by atoms with E-state index in [2.05, 4.69) is 42.0 Å². The molecule has 0 saturated carbocycles. The molecule has 0 radical (unpaired) electrons. The molecule has 0 bridgehead atoms. The van der Waals surface area contributed by atoms with E-state index in [1.165, 1.54) is 16.5 Å². The molecular weight excluding hydrogens is 260 g/mol. The van der Waals surface area contributed by atoms with Crippen molar-refractivity contribution in [1.82, 2.24) is 4.57 Å². The quantitative estimate of drug-likeness (QED) is 0.737. The highest BCUT2D eigenvalue weighted by Crippen LogP contribution is 2.26. The van der Waals surface area contributed by atoms with Crippen LogP contribution in [0.15, 0.2) is 48.7 Å². The number of aryl methyl sites for hydroxylation is 1. The highest BCUT2D eigenvalue weighted by atomic mass is 16.5. The second kappa shape index (κ2) is 5.52. The van der Waals surface area contributed by atoms with E-state index in [0.29, 0.717) is 0 Å². The van der Waals surface area contributed by atoms with Crippen LogP contribution in [-0.2, 0) is 13.0 Å². The van der Waals surface area contributed by atoms with Crippen molar-refractivity contribution in [2.45, 2.75) is 19.9 Å². The molecule has 108 valence electrons. The average molecular weight is 280 g/mol. The van der Waals surface area contributed by atoms with Crippen molar-refractivity contribution in [3.63, 3.8) is 0 Å². The third kappa shape index (κ3) is 2.47. The van der Waals surface area contributed by atoms with Crippen LogP contribution >= 0.6 is 0 Å². The highest BCUT2D eigenvalue weighted by molar-refractivity contribution is 5.83. The Morgan fingerprint density at radius 1 is 1.10 bits per heavy atom. The number of anilines is 1. The number of fused-ring (bicyclic) bond motifs is 1. The number of ether oxygens (including phenoxy) is 1. The number of hydrogen-bond acceptors (Lipinski definition) is 2. The van der Waals surface area contributed by atoms with Gasteiger partial charge in [0.2, 0.25) is 0 Å². The lowest BCUT2D eigenvalue weighted by molar-refractivity contribution is 0.408. The second-order valence-corrected chi connectivity index (χ2v) is 5.22. The Hall–Kier alpha value is -2.42. The van der Waals surface area contributed by atoms with Gasteiger partial charge in [-0.1, -0.05) is 25.1 Å². The number of para-hydroxylation sites is 1. The van der Waals surface area contributed by atoms with Crippen LogP contribution in [-0.4, -0.2) is 11.7 Å². The largest absolute Gasteiger partial charge is 0.496 e. The van der Waals surface area contributed by atoms with Gasteiger partial charge in [-0.05, 0) is 41.6 Å². The molecule has 3 heteroatoms. The van der Waals surface area contributed by atoms with Crippen molar-refractivity contribution in [2.75, 3.05) is 12.8 Å². The van der Waals surface area contributed by atoms with Gasteiger partial charge in [-0.25, -0.2) is 0 Å². The maximum absolute atomic E-state index is 5.92. The van der Waals surface area contributed by atoms with Gasteiger partial charge in [0, 0.05) is 17.4 Å². The molecule has 1 heterocycles. The number of nitrogens with zero attached hydrogens (tertiary/aromatic N) is 1. The molecule has 0 aliphatic carbocycles. The summed E-state index contributed by atoms with van der Waals surface area (Å²) >= 11 is 0. The fraction of sp³-hybridized carbons (Fsp3) is 0.222. The summed E-state index contributed by atoms with van der Waals surface area (Å²) < 4.78 is 7.72. The highest BCUT2D eigenvalue weighted by Gasteiger charge is 2.09. The number of aromatic nitrogens is 1. The lowest BCUT2D eigenvalue weighted by Gasteiger charge is -2.13. The first-order valence-electron chi connectivity index (χ1n) is 7.22. The van der Waals surface area contributed by atoms with E-state index in [1.54, 1.807) is 7.11 Å². The molecule has 0 aliphatic rings. The van der Waals surface area contributed by atoms with Gasteiger partial charge in [0.15, 0.2) is 0 Å². The van der Waals surface area contributed by atoms with Gasteiger partial charge >= 0.3 is 0 Å².